The second kappa shape index (κ2) is 5.69. The Morgan fingerprint density at radius 2 is 1.91 bits per heavy atom. The first-order valence-electron chi connectivity index (χ1n) is 6.18. The third kappa shape index (κ3) is 2.89. The maximum absolute atomic E-state index is 12.8. The van der Waals surface area contributed by atoms with Gasteiger partial charge in [-0.3, -0.25) is 9.59 Å². The molecule has 0 atom stereocenters. The van der Waals surface area contributed by atoms with Crippen LogP contribution >= 0.6 is 15.9 Å². The highest BCUT2D eigenvalue weighted by Gasteiger charge is 2.15. The minimum absolute atomic E-state index is 0.100. The average molecular weight is 360 g/mol. The number of hydrogen-bond acceptors (Lipinski definition) is 4. The Morgan fingerprint density at radius 3 is 2.64 bits per heavy atom. The normalized spacial score (nSPS) is 15.0. The summed E-state index contributed by atoms with van der Waals surface area (Å²) in [7, 11) is 0. The van der Waals surface area contributed by atoms with E-state index in [-0.39, 0.29) is 16.7 Å². The number of allylic oxidation sites excluding steroid dienone is 1. The number of hydrogen-bond donors (Lipinski definition) is 0. The molecular formula is C15H7BrFN3O2. The van der Waals surface area contributed by atoms with Gasteiger partial charge >= 0.3 is 0 Å². The smallest absolute Gasteiger partial charge is 0.289 e. The van der Waals surface area contributed by atoms with Gasteiger partial charge < -0.3 is 0 Å². The van der Waals surface area contributed by atoms with Crippen molar-refractivity contribution in [1.82, 2.24) is 4.98 Å². The standard InChI is InChI=1S/C15H7BrFN3O2/c16-9-5-11-14(18-7-9)19-12(15(22)20-11)6-13(21)8-1-3-10(17)4-2-8/h1-7H/b12-6-. The monoisotopic (exact) mass is 359 g/mol. The molecule has 1 aliphatic rings. The van der Waals surface area contributed by atoms with Gasteiger partial charge in [-0.05, 0) is 46.3 Å². The van der Waals surface area contributed by atoms with Crippen molar-refractivity contribution in [2.75, 3.05) is 0 Å². The summed E-state index contributed by atoms with van der Waals surface area (Å²) in [6.45, 7) is 0. The highest BCUT2D eigenvalue weighted by atomic mass is 79.9. The maximum Gasteiger partial charge on any atom is 0.296 e. The number of rotatable bonds is 2. The van der Waals surface area contributed by atoms with Crippen LogP contribution in [0, 0.1) is 5.82 Å². The van der Waals surface area contributed by atoms with Crippen molar-refractivity contribution in [3.63, 3.8) is 0 Å². The number of pyridine rings is 1. The zero-order valence-corrected chi connectivity index (χ0v) is 12.5. The Labute approximate surface area is 132 Å². The molecule has 0 bridgehead atoms. The minimum Gasteiger partial charge on any atom is -0.289 e. The molecule has 108 valence electrons. The Morgan fingerprint density at radius 1 is 1.18 bits per heavy atom. The molecule has 0 aliphatic carbocycles. The van der Waals surface area contributed by atoms with Gasteiger partial charge in [-0.1, -0.05) is 0 Å². The van der Waals surface area contributed by atoms with Gasteiger partial charge in [0.25, 0.3) is 5.91 Å². The van der Waals surface area contributed by atoms with Crippen molar-refractivity contribution in [2.45, 2.75) is 0 Å². The SMILES string of the molecule is O=C1N=c2cc(Br)cnc2=N/C1=C\C(=O)c1ccc(F)cc1. The lowest BCUT2D eigenvalue weighted by molar-refractivity contribution is -0.114. The van der Waals surface area contributed by atoms with Crippen molar-refractivity contribution in [3.05, 3.63) is 75.0 Å². The lowest BCUT2D eigenvalue weighted by Gasteiger charge is -2.02. The summed E-state index contributed by atoms with van der Waals surface area (Å²) in [5.74, 6) is -1.52. The summed E-state index contributed by atoms with van der Waals surface area (Å²) in [4.78, 5) is 35.9. The molecule has 0 fully saturated rings. The number of carbonyl (C=O) groups excluding carboxylic acids is 2. The molecule has 0 N–H and O–H groups in total. The molecule has 0 saturated carbocycles. The average Bonchev–Trinajstić information content (AvgIpc) is 2.49. The van der Waals surface area contributed by atoms with E-state index in [1.54, 1.807) is 6.07 Å². The van der Waals surface area contributed by atoms with Crippen molar-refractivity contribution < 1.29 is 14.0 Å². The third-order valence-corrected chi connectivity index (χ3v) is 3.31. The fourth-order valence-corrected chi connectivity index (χ4v) is 2.15. The molecule has 3 rings (SSSR count). The molecule has 0 radical (unpaired) electrons. The zero-order chi connectivity index (χ0) is 15.7. The highest BCUT2D eigenvalue weighted by Crippen LogP contribution is 2.09. The van der Waals surface area contributed by atoms with Crippen LogP contribution in [0.2, 0.25) is 0 Å². The minimum atomic E-state index is -0.622. The summed E-state index contributed by atoms with van der Waals surface area (Å²) in [6.07, 6.45) is 2.60. The van der Waals surface area contributed by atoms with E-state index in [9.17, 15) is 14.0 Å². The van der Waals surface area contributed by atoms with E-state index in [1.165, 1.54) is 30.5 Å². The molecule has 22 heavy (non-hydrogen) atoms. The maximum atomic E-state index is 12.8. The summed E-state index contributed by atoms with van der Waals surface area (Å²) in [5, 5.41) is 0.339. The van der Waals surface area contributed by atoms with Crippen LogP contribution < -0.4 is 10.8 Å². The van der Waals surface area contributed by atoms with E-state index >= 15 is 0 Å². The first-order valence-corrected chi connectivity index (χ1v) is 6.97. The number of aromatic nitrogens is 1. The Bertz CT molecular complexity index is 936. The highest BCUT2D eigenvalue weighted by molar-refractivity contribution is 9.10. The van der Waals surface area contributed by atoms with E-state index in [1.807, 2.05) is 0 Å². The number of benzene rings is 1. The van der Waals surface area contributed by atoms with Crippen molar-refractivity contribution >= 4 is 27.6 Å². The van der Waals surface area contributed by atoms with Gasteiger partial charge in [0.1, 0.15) is 16.9 Å². The van der Waals surface area contributed by atoms with E-state index in [4.69, 9.17) is 0 Å². The third-order valence-electron chi connectivity index (χ3n) is 2.88. The zero-order valence-electron chi connectivity index (χ0n) is 11.0. The van der Waals surface area contributed by atoms with Gasteiger partial charge in [-0.2, -0.15) is 0 Å². The van der Waals surface area contributed by atoms with Gasteiger partial charge in [0.15, 0.2) is 11.3 Å². The van der Waals surface area contributed by atoms with Crippen LogP contribution in [0.5, 0.6) is 0 Å². The number of ketones is 1. The predicted molar refractivity (Wildman–Crippen MR) is 78.1 cm³/mol. The van der Waals surface area contributed by atoms with Crippen LogP contribution in [0.1, 0.15) is 10.4 Å². The molecule has 1 aliphatic heterocycles. The lowest BCUT2D eigenvalue weighted by atomic mass is 10.1. The molecular weight excluding hydrogens is 353 g/mol. The number of fused-ring (bicyclic) bond motifs is 1. The first kappa shape index (κ1) is 14.4. The predicted octanol–water partition coefficient (Wildman–Crippen LogP) is 1.53. The van der Waals surface area contributed by atoms with Gasteiger partial charge in [-0.15, -0.1) is 0 Å². The van der Waals surface area contributed by atoms with Crippen LogP contribution in [0.15, 0.2) is 62.8 Å². The van der Waals surface area contributed by atoms with Crippen LogP contribution in [0.3, 0.4) is 0 Å². The molecule has 5 nitrogen and oxygen atoms in total. The fourth-order valence-electron chi connectivity index (χ4n) is 1.83. The van der Waals surface area contributed by atoms with Crippen molar-refractivity contribution in [1.29, 1.82) is 0 Å². The fraction of sp³-hybridized carbons (Fsp3) is 0. The first-order chi connectivity index (χ1) is 10.5. The Kier molecular flexibility index (Phi) is 3.72. The molecule has 7 heteroatoms. The van der Waals surface area contributed by atoms with Gasteiger partial charge in [0, 0.05) is 22.3 Å². The number of nitrogens with zero attached hydrogens (tertiary/aromatic N) is 3. The summed E-state index contributed by atoms with van der Waals surface area (Å²) >= 11 is 3.23. The molecule has 1 aromatic heterocycles. The van der Waals surface area contributed by atoms with E-state index in [0.717, 1.165) is 6.08 Å². The topological polar surface area (TPSA) is 71.8 Å². The summed E-state index contributed by atoms with van der Waals surface area (Å²) in [5.41, 5.74) is 0.420. The molecule has 0 saturated heterocycles. The van der Waals surface area contributed by atoms with Gasteiger partial charge in [0.2, 0.25) is 0 Å². The quantitative estimate of drug-likeness (QED) is 0.602. The van der Waals surface area contributed by atoms with Crippen molar-refractivity contribution in [2.24, 2.45) is 9.98 Å². The van der Waals surface area contributed by atoms with Crippen molar-refractivity contribution in [3.8, 4) is 0 Å². The van der Waals surface area contributed by atoms with Gasteiger partial charge in [-0.25, -0.2) is 19.4 Å². The molecule has 0 spiro atoms. The van der Waals surface area contributed by atoms with Crippen LogP contribution in [-0.2, 0) is 4.79 Å². The number of halogens is 2. The Hall–Kier alpha value is -2.54. The lowest BCUT2D eigenvalue weighted by Crippen LogP contribution is -2.33. The number of amides is 1. The largest absolute Gasteiger partial charge is 0.296 e. The Balaban J connectivity index is 2.01. The van der Waals surface area contributed by atoms with Crippen LogP contribution in [0.25, 0.3) is 0 Å². The van der Waals surface area contributed by atoms with Gasteiger partial charge in [0.05, 0.1) is 0 Å². The molecule has 0 unspecified atom stereocenters. The summed E-state index contributed by atoms with van der Waals surface area (Å²) < 4.78 is 13.5. The molecule has 2 heterocycles. The van der Waals surface area contributed by atoms with E-state index < -0.39 is 17.5 Å². The van der Waals surface area contributed by atoms with Crippen LogP contribution in [0.4, 0.5) is 4.39 Å². The van der Waals surface area contributed by atoms with Crippen LogP contribution in [-0.4, -0.2) is 16.7 Å². The molecule has 1 amide bonds. The second-order valence-electron chi connectivity index (χ2n) is 4.43. The summed E-state index contributed by atoms with van der Waals surface area (Å²) in [6, 6.07) is 6.63. The second-order valence-corrected chi connectivity index (χ2v) is 5.34. The molecule has 2 aromatic rings. The number of carbonyl (C=O) groups is 2. The van der Waals surface area contributed by atoms with E-state index in [0.29, 0.717) is 9.83 Å². The van der Waals surface area contributed by atoms with E-state index in [2.05, 4.69) is 30.9 Å². The molecule has 1 aromatic carbocycles.